The third kappa shape index (κ3) is 3.79. The maximum atomic E-state index is 13.3. The van der Waals surface area contributed by atoms with Gasteiger partial charge in [-0.2, -0.15) is 0 Å². The van der Waals surface area contributed by atoms with Crippen LogP contribution in [0.1, 0.15) is 35.8 Å². The molecule has 0 bridgehead atoms. The first-order valence-electron chi connectivity index (χ1n) is 9.68. The molecule has 1 aromatic heterocycles. The minimum absolute atomic E-state index is 0.0198. The van der Waals surface area contributed by atoms with E-state index in [1.54, 1.807) is 18.4 Å². The van der Waals surface area contributed by atoms with Gasteiger partial charge in [0.25, 0.3) is 0 Å². The van der Waals surface area contributed by atoms with Crippen LogP contribution in [0.2, 0.25) is 0 Å². The molecule has 5 nitrogen and oxygen atoms in total. The summed E-state index contributed by atoms with van der Waals surface area (Å²) in [5.74, 6) is 0.250. The van der Waals surface area contributed by atoms with Gasteiger partial charge in [0.2, 0.25) is 5.91 Å². The van der Waals surface area contributed by atoms with Crippen molar-refractivity contribution >= 4 is 17.2 Å². The first kappa shape index (κ1) is 18.6. The number of thiazole rings is 1. The normalized spacial score (nSPS) is 22.6. The summed E-state index contributed by atoms with van der Waals surface area (Å²) in [6.07, 6.45) is 4.84. The molecule has 4 rings (SSSR count). The second kappa shape index (κ2) is 8.09. The Balaban J connectivity index is 1.50. The molecule has 2 aliphatic heterocycles. The molecule has 27 heavy (non-hydrogen) atoms. The summed E-state index contributed by atoms with van der Waals surface area (Å²) >= 11 is 1.72. The van der Waals surface area contributed by atoms with E-state index in [9.17, 15) is 4.79 Å². The third-order valence-electron chi connectivity index (χ3n) is 6.07. The first-order chi connectivity index (χ1) is 13.2. The lowest BCUT2D eigenvalue weighted by molar-refractivity contribution is -0.134. The Morgan fingerprint density at radius 2 is 2.04 bits per heavy atom. The van der Waals surface area contributed by atoms with Gasteiger partial charge in [0, 0.05) is 43.9 Å². The predicted molar refractivity (Wildman–Crippen MR) is 107 cm³/mol. The van der Waals surface area contributed by atoms with Gasteiger partial charge in [0.1, 0.15) is 5.01 Å². The lowest BCUT2D eigenvalue weighted by atomic mass is 9.81. The SMILES string of the molecule is COCCN1C(=O)[C@H](c2ccccc2)CC12CCN(Cc1nccs1)CC2. The molecule has 2 aliphatic rings. The van der Waals surface area contributed by atoms with Crippen molar-refractivity contribution < 1.29 is 9.53 Å². The van der Waals surface area contributed by atoms with Crippen molar-refractivity contribution in [2.75, 3.05) is 33.4 Å². The zero-order valence-corrected chi connectivity index (χ0v) is 16.7. The van der Waals surface area contributed by atoms with Crippen LogP contribution in [0, 0.1) is 0 Å². The molecule has 1 aromatic carbocycles. The predicted octanol–water partition coefficient (Wildman–Crippen LogP) is 3.14. The van der Waals surface area contributed by atoms with Crippen LogP contribution >= 0.6 is 11.3 Å². The smallest absolute Gasteiger partial charge is 0.230 e. The van der Waals surface area contributed by atoms with Gasteiger partial charge in [0.05, 0.1) is 19.1 Å². The average molecular weight is 386 g/mol. The number of ether oxygens (including phenoxy) is 1. The lowest BCUT2D eigenvalue weighted by Gasteiger charge is -2.44. The van der Waals surface area contributed by atoms with E-state index in [2.05, 4.69) is 26.9 Å². The summed E-state index contributed by atoms with van der Waals surface area (Å²) in [4.78, 5) is 22.3. The van der Waals surface area contributed by atoms with Crippen LogP contribution in [-0.4, -0.2) is 59.6 Å². The van der Waals surface area contributed by atoms with Crippen molar-refractivity contribution in [1.82, 2.24) is 14.8 Å². The topological polar surface area (TPSA) is 45.7 Å². The maximum Gasteiger partial charge on any atom is 0.230 e. The Morgan fingerprint density at radius 1 is 1.26 bits per heavy atom. The fraction of sp³-hybridized carbons (Fsp3) is 0.524. The van der Waals surface area contributed by atoms with Crippen molar-refractivity contribution in [2.24, 2.45) is 0 Å². The van der Waals surface area contributed by atoms with E-state index in [4.69, 9.17) is 4.74 Å². The first-order valence-corrected chi connectivity index (χ1v) is 10.6. The Kier molecular flexibility index (Phi) is 5.57. The van der Waals surface area contributed by atoms with Crippen molar-refractivity contribution in [3.05, 3.63) is 52.5 Å². The molecule has 3 heterocycles. The van der Waals surface area contributed by atoms with E-state index in [0.29, 0.717) is 13.2 Å². The molecule has 6 heteroatoms. The molecule has 0 radical (unpaired) electrons. The van der Waals surface area contributed by atoms with Crippen LogP contribution in [0.4, 0.5) is 0 Å². The minimum Gasteiger partial charge on any atom is -0.383 e. The van der Waals surface area contributed by atoms with Gasteiger partial charge in [-0.05, 0) is 24.8 Å². The molecule has 0 unspecified atom stereocenters. The molecule has 2 fully saturated rings. The molecular weight excluding hydrogens is 358 g/mol. The van der Waals surface area contributed by atoms with Crippen molar-refractivity contribution in [2.45, 2.75) is 37.3 Å². The number of benzene rings is 1. The monoisotopic (exact) mass is 385 g/mol. The number of nitrogens with zero attached hydrogens (tertiary/aromatic N) is 3. The molecule has 1 atom stereocenters. The second-order valence-electron chi connectivity index (χ2n) is 7.58. The van der Waals surface area contributed by atoms with Gasteiger partial charge < -0.3 is 9.64 Å². The van der Waals surface area contributed by atoms with Crippen molar-refractivity contribution in [1.29, 1.82) is 0 Å². The van der Waals surface area contributed by atoms with Crippen LogP contribution in [0.25, 0.3) is 0 Å². The molecule has 2 aromatic rings. The van der Waals surface area contributed by atoms with Gasteiger partial charge in [0.15, 0.2) is 0 Å². The molecule has 1 spiro atoms. The highest BCUT2D eigenvalue weighted by molar-refractivity contribution is 7.09. The van der Waals surface area contributed by atoms with Crippen LogP contribution < -0.4 is 0 Å². The highest BCUT2D eigenvalue weighted by atomic mass is 32.1. The van der Waals surface area contributed by atoms with E-state index in [-0.39, 0.29) is 17.4 Å². The summed E-state index contributed by atoms with van der Waals surface area (Å²) in [6.45, 7) is 4.22. The Morgan fingerprint density at radius 3 is 2.70 bits per heavy atom. The van der Waals surface area contributed by atoms with Crippen molar-refractivity contribution in [3.63, 3.8) is 0 Å². The van der Waals surface area contributed by atoms with Crippen LogP contribution in [-0.2, 0) is 16.1 Å². The van der Waals surface area contributed by atoms with E-state index in [1.807, 2.05) is 29.8 Å². The van der Waals surface area contributed by atoms with E-state index in [0.717, 1.165) is 44.5 Å². The number of carbonyl (C=O) groups excluding carboxylic acids is 1. The van der Waals surface area contributed by atoms with Crippen molar-refractivity contribution in [3.8, 4) is 0 Å². The number of hydrogen-bond acceptors (Lipinski definition) is 5. The number of hydrogen-bond donors (Lipinski definition) is 0. The number of methoxy groups -OCH3 is 1. The molecule has 0 saturated carbocycles. The second-order valence-corrected chi connectivity index (χ2v) is 8.56. The summed E-state index contributed by atoms with van der Waals surface area (Å²) in [7, 11) is 1.71. The number of amides is 1. The van der Waals surface area contributed by atoms with Crippen LogP contribution in [0.3, 0.4) is 0 Å². The maximum absolute atomic E-state index is 13.3. The van der Waals surface area contributed by atoms with Gasteiger partial charge in [-0.25, -0.2) is 4.98 Å². The molecule has 1 amide bonds. The quantitative estimate of drug-likeness (QED) is 0.766. The average Bonchev–Trinajstić information content (AvgIpc) is 3.30. The lowest BCUT2D eigenvalue weighted by Crippen LogP contribution is -2.53. The van der Waals surface area contributed by atoms with E-state index in [1.165, 1.54) is 5.01 Å². The van der Waals surface area contributed by atoms with E-state index >= 15 is 0 Å². The Labute approximate surface area is 165 Å². The third-order valence-corrected chi connectivity index (χ3v) is 6.84. The summed E-state index contributed by atoms with van der Waals surface area (Å²) in [5, 5.41) is 3.21. The molecule has 144 valence electrons. The molecule has 2 saturated heterocycles. The van der Waals surface area contributed by atoms with Gasteiger partial charge >= 0.3 is 0 Å². The highest BCUT2D eigenvalue weighted by Crippen LogP contribution is 2.45. The minimum atomic E-state index is -0.0322. The number of aromatic nitrogens is 1. The van der Waals surface area contributed by atoms with Crippen LogP contribution in [0.15, 0.2) is 41.9 Å². The summed E-state index contributed by atoms with van der Waals surface area (Å²) in [6, 6.07) is 10.3. The number of piperidine rings is 1. The van der Waals surface area contributed by atoms with Gasteiger partial charge in [-0.3, -0.25) is 9.69 Å². The van der Waals surface area contributed by atoms with Gasteiger partial charge in [-0.1, -0.05) is 30.3 Å². The van der Waals surface area contributed by atoms with Crippen LogP contribution in [0.5, 0.6) is 0 Å². The number of likely N-dealkylation sites (tertiary alicyclic amines) is 2. The number of rotatable bonds is 6. The zero-order valence-electron chi connectivity index (χ0n) is 15.8. The van der Waals surface area contributed by atoms with E-state index < -0.39 is 0 Å². The molecular formula is C21H27N3O2S. The highest BCUT2D eigenvalue weighted by Gasteiger charge is 2.51. The summed E-state index contributed by atoms with van der Waals surface area (Å²) in [5.41, 5.74) is 1.11. The zero-order chi connectivity index (χ0) is 18.7. The summed E-state index contributed by atoms with van der Waals surface area (Å²) < 4.78 is 5.31. The largest absolute Gasteiger partial charge is 0.383 e. The fourth-order valence-electron chi connectivity index (χ4n) is 4.60. The fourth-order valence-corrected chi connectivity index (χ4v) is 5.26. The van der Waals surface area contributed by atoms with Gasteiger partial charge in [-0.15, -0.1) is 11.3 Å². The Hall–Kier alpha value is -1.76. The Bertz CT molecular complexity index is 742. The standard InChI is InChI=1S/C21H27N3O2S/c1-26-13-12-24-20(25)18(17-5-3-2-4-6-17)15-21(24)7-10-23(11-8-21)16-19-22-9-14-27-19/h2-6,9,14,18H,7-8,10-13,15-16H2,1H3/t18-/m0/s1. The molecule has 0 N–H and O–H groups in total. The molecule has 0 aliphatic carbocycles. The number of carbonyl (C=O) groups is 1.